The zero-order valence-electron chi connectivity index (χ0n) is 12.5. The van der Waals surface area contributed by atoms with Crippen LogP contribution in [0.1, 0.15) is 32.1 Å². The molecule has 0 spiro atoms. The topological polar surface area (TPSA) is 73.6 Å². The quantitative estimate of drug-likeness (QED) is 0.595. The number of benzene rings is 1. The lowest BCUT2D eigenvalue weighted by Crippen LogP contribution is -2.38. The Bertz CT molecular complexity index is 459. The van der Waals surface area contributed by atoms with E-state index in [0.29, 0.717) is 24.5 Å². The maximum Gasteiger partial charge on any atom is 0.323 e. The van der Waals surface area contributed by atoms with Crippen LogP contribution in [0.2, 0.25) is 0 Å². The largest absolute Gasteiger partial charge is 0.493 e. The molecule has 0 radical (unpaired) electrons. The van der Waals surface area contributed by atoms with Crippen molar-refractivity contribution in [1.82, 2.24) is 5.32 Å². The van der Waals surface area contributed by atoms with Gasteiger partial charge in [-0.15, -0.1) is 0 Å². The van der Waals surface area contributed by atoms with Crippen LogP contribution in [0.5, 0.6) is 5.75 Å². The molecule has 116 valence electrons. The first kappa shape index (κ1) is 15.6. The Morgan fingerprint density at radius 2 is 2.19 bits per heavy atom. The smallest absolute Gasteiger partial charge is 0.323 e. The van der Waals surface area contributed by atoms with Gasteiger partial charge in [0, 0.05) is 18.2 Å². The minimum absolute atomic E-state index is 0.100. The van der Waals surface area contributed by atoms with E-state index in [0.717, 1.165) is 25.7 Å². The van der Waals surface area contributed by atoms with Crippen LogP contribution in [0.3, 0.4) is 0 Å². The van der Waals surface area contributed by atoms with Gasteiger partial charge < -0.3 is 20.5 Å². The molecule has 5 heteroatoms. The summed E-state index contributed by atoms with van der Waals surface area (Å²) in [5.74, 6) is 0.537. The van der Waals surface area contributed by atoms with E-state index in [1.54, 1.807) is 13.1 Å². The van der Waals surface area contributed by atoms with E-state index in [-0.39, 0.29) is 18.1 Å². The second-order valence-corrected chi connectivity index (χ2v) is 5.39. The average molecular weight is 292 g/mol. The molecular formula is C16H24N2O3. The number of nitrogens with one attached hydrogen (secondary N) is 1. The molecule has 0 aromatic heterocycles. The van der Waals surface area contributed by atoms with Crippen LogP contribution in [0.4, 0.5) is 5.69 Å². The summed E-state index contributed by atoms with van der Waals surface area (Å²) in [6.45, 7) is 0.439. The Labute approximate surface area is 125 Å². The van der Waals surface area contributed by atoms with Crippen LogP contribution < -0.4 is 15.8 Å². The van der Waals surface area contributed by atoms with Crippen molar-refractivity contribution in [2.75, 3.05) is 19.4 Å². The molecule has 3 N–H and O–H groups in total. The number of rotatable bonds is 7. The van der Waals surface area contributed by atoms with E-state index in [1.165, 1.54) is 0 Å². The number of esters is 1. The molecule has 0 amide bonds. The number of nitrogens with two attached hydrogens (primary N) is 1. The Morgan fingerprint density at radius 3 is 2.86 bits per heavy atom. The molecule has 1 fully saturated rings. The zero-order valence-corrected chi connectivity index (χ0v) is 12.5. The molecule has 2 rings (SSSR count). The zero-order chi connectivity index (χ0) is 15.1. The molecule has 1 aromatic carbocycles. The fourth-order valence-corrected chi connectivity index (χ4v) is 2.53. The predicted molar refractivity (Wildman–Crippen MR) is 82.2 cm³/mol. The fourth-order valence-electron chi connectivity index (χ4n) is 2.53. The Balaban J connectivity index is 1.75. The molecule has 0 aliphatic heterocycles. The highest BCUT2D eigenvalue weighted by Crippen LogP contribution is 2.21. The van der Waals surface area contributed by atoms with Gasteiger partial charge in [0.25, 0.3) is 0 Å². The molecule has 1 aliphatic carbocycles. The molecular weight excluding hydrogens is 268 g/mol. The van der Waals surface area contributed by atoms with Gasteiger partial charge >= 0.3 is 5.97 Å². The molecule has 0 bridgehead atoms. The van der Waals surface area contributed by atoms with E-state index >= 15 is 0 Å². The highest BCUT2D eigenvalue weighted by molar-refractivity contribution is 5.75. The monoisotopic (exact) mass is 292 g/mol. The number of hydrogen-bond acceptors (Lipinski definition) is 5. The maximum atomic E-state index is 12.1. The minimum atomic E-state index is -0.327. The van der Waals surface area contributed by atoms with E-state index in [4.69, 9.17) is 15.2 Å². The van der Waals surface area contributed by atoms with Crippen molar-refractivity contribution in [2.24, 2.45) is 0 Å². The Hall–Kier alpha value is -1.75. The minimum Gasteiger partial charge on any atom is -0.493 e. The lowest BCUT2D eigenvalue weighted by atomic mass is 10.2. The van der Waals surface area contributed by atoms with E-state index in [1.807, 2.05) is 18.2 Å². The third-order valence-electron chi connectivity index (χ3n) is 3.75. The van der Waals surface area contributed by atoms with E-state index in [2.05, 4.69) is 5.32 Å². The Kier molecular flexibility index (Phi) is 5.87. The number of carbonyl (C=O) groups excluding carboxylic acids is 1. The lowest BCUT2D eigenvalue weighted by molar-refractivity contribution is -0.151. The summed E-state index contributed by atoms with van der Waals surface area (Å²) in [6.07, 6.45) is 4.95. The van der Waals surface area contributed by atoms with Gasteiger partial charge in [-0.25, -0.2) is 0 Å². The van der Waals surface area contributed by atoms with Gasteiger partial charge in [0.15, 0.2) is 0 Å². The van der Waals surface area contributed by atoms with Crippen LogP contribution >= 0.6 is 0 Å². The number of anilines is 1. The lowest BCUT2D eigenvalue weighted by Gasteiger charge is -2.18. The van der Waals surface area contributed by atoms with Crippen LogP contribution in [-0.4, -0.2) is 31.8 Å². The van der Waals surface area contributed by atoms with E-state index in [9.17, 15) is 4.79 Å². The number of ether oxygens (including phenoxy) is 2. The van der Waals surface area contributed by atoms with Gasteiger partial charge in [0.1, 0.15) is 17.9 Å². The summed E-state index contributed by atoms with van der Waals surface area (Å²) in [5, 5.41) is 2.99. The normalized spacial score (nSPS) is 16.6. The highest BCUT2D eigenvalue weighted by atomic mass is 16.5. The van der Waals surface area contributed by atoms with Gasteiger partial charge in [-0.1, -0.05) is 6.07 Å². The van der Waals surface area contributed by atoms with Crippen LogP contribution in [0.15, 0.2) is 24.3 Å². The molecule has 5 nitrogen and oxygen atoms in total. The molecule has 0 unspecified atom stereocenters. The second kappa shape index (κ2) is 7.88. The second-order valence-electron chi connectivity index (χ2n) is 5.39. The molecule has 0 saturated heterocycles. The van der Waals surface area contributed by atoms with Crippen LogP contribution in [0, 0.1) is 0 Å². The van der Waals surface area contributed by atoms with Crippen molar-refractivity contribution in [3.05, 3.63) is 24.3 Å². The SMILES string of the molecule is CN[C@@H](CCOc1cccc(N)c1)C(=O)OC1CCCC1. The Morgan fingerprint density at radius 1 is 1.43 bits per heavy atom. The maximum absolute atomic E-state index is 12.1. The number of hydrogen-bond donors (Lipinski definition) is 2. The third kappa shape index (κ3) is 4.93. The van der Waals surface area contributed by atoms with Crippen molar-refractivity contribution in [2.45, 2.75) is 44.2 Å². The summed E-state index contributed by atoms with van der Waals surface area (Å²) in [7, 11) is 1.76. The summed E-state index contributed by atoms with van der Waals surface area (Å²) < 4.78 is 11.1. The summed E-state index contributed by atoms with van der Waals surface area (Å²) in [6, 6.07) is 6.94. The number of carbonyl (C=O) groups is 1. The highest BCUT2D eigenvalue weighted by Gasteiger charge is 2.24. The van der Waals surface area contributed by atoms with Gasteiger partial charge in [0.05, 0.1) is 6.61 Å². The summed E-state index contributed by atoms with van der Waals surface area (Å²) in [5.41, 5.74) is 6.35. The van der Waals surface area contributed by atoms with Gasteiger partial charge in [-0.05, 0) is 44.9 Å². The average Bonchev–Trinajstić information content (AvgIpc) is 2.96. The predicted octanol–water partition coefficient (Wildman–Crippen LogP) is 2.11. The first-order valence-electron chi connectivity index (χ1n) is 7.55. The molecule has 1 aromatic rings. The number of nitrogen functional groups attached to an aromatic ring is 1. The van der Waals surface area contributed by atoms with Crippen molar-refractivity contribution in [3.63, 3.8) is 0 Å². The van der Waals surface area contributed by atoms with Crippen molar-refractivity contribution in [1.29, 1.82) is 0 Å². The summed E-state index contributed by atoms with van der Waals surface area (Å²) >= 11 is 0. The van der Waals surface area contributed by atoms with Crippen molar-refractivity contribution in [3.8, 4) is 5.75 Å². The molecule has 1 aliphatic rings. The molecule has 21 heavy (non-hydrogen) atoms. The van der Waals surface area contributed by atoms with Crippen LogP contribution in [0.25, 0.3) is 0 Å². The number of likely N-dealkylation sites (N-methyl/N-ethyl adjacent to an activating group) is 1. The van der Waals surface area contributed by atoms with Crippen molar-refractivity contribution < 1.29 is 14.3 Å². The van der Waals surface area contributed by atoms with Gasteiger partial charge in [-0.3, -0.25) is 4.79 Å². The van der Waals surface area contributed by atoms with Gasteiger partial charge in [0.2, 0.25) is 0 Å². The first-order chi connectivity index (χ1) is 10.2. The first-order valence-corrected chi connectivity index (χ1v) is 7.55. The molecule has 0 heterocycles. The van der Waals surface area contributed by atoms with Crippen molar-refractivity contribution >= 4 is 11.7 Å². The third-order valence-corrected chi connectivity index (χ3v) is 3.75. The molecule has 1 saturated carbocycles. The van der Waals surface area contributed by atoms with Gasteiger partial charge in [-0.2, -0.15) is 0 Å². The van der Waals surface area contributed by atoms with Crippen LogP contribution in [-0.2, 0) is 9.53 Å². The summed E-state index contributed by atoms with van der Waals surface area (Å²) in [4.78, 5) is 12.1. The fraction of sp³-hybridized carbons (Fsp3) is 0.562. The van der Waals surface area contributed by atoms with E-state index < -0.39 is 0 Å². The standard InChI is InChI=1S/C16H24N2O3/c1-18-15(16(19)21-13-6-2-3-7-13)9-10-20-14-8-4-5-12(17)11-14/h4-5,8,11,13,15,18H,2-3,6-7,9-10,17H2,1H3/t15-/m0/s1. The molecule has 1 atom stereocenters.